The number of aryl methyl sites for hydroxylation is 1. The molecule has 0 saturated heterocycles. The Bertz CT molecular complexity index is 753. The zero-order valence-electron chi connectivity index (χ0n) is 14.5. The highest BCUT2D eigenvalue weighted by Crippen LogP contribution is 2.12. The number of rotatable bonds is 5. The second-order valence-electron chi connectivity index (χ2n) is 6.27. The summed E-state index contributed by atoms with van der Waals surface area (Å²) in [5.74, 6) is 0. The molecule has 0 aliphatic heterocycles. The second kappa shape index (κ2) is 8.78. The fraction of sp³-hybridized carbons (Fsp3) is 0.263. The van der Waals surface area contributed by atoms with Crippen LogP contribution in [0, 0.1) is 6.92 Å². The van der Waals surface area contributed by atoms with Crippen LogP contribution in [0.2, 0.25) is 0 Å². The summed E-state index contributed by atoms with van der Waals surface area (Å²) in [7, 11) is 0.150. The molecule has 2 aromatic rings. The van der Waals surface area contributed by atoms with E-state index in [1.54, 1.807) is 19.1 Å². The zero-order chi connectivity index (χ0) is 18.2. The molecule has 0 aliphatic carbocycles. The molecular weight excluding hydrogens is 322 g/mol. The molecule has 0 aromatic heterocycles. The second-order valence-corrected chi connectivity index (χ2v) is 7.62. The van der Waals surface area contributed by atoms with Gasteiger partial charge in [-0.2, -0.15) is 0 Å². The maximum absolute atomic E-state index is 10.5. The molecular formula is C19H25NO3S. The summed E-state index contributed by atoms with van der Waals surface area (Å²) in [4.78, 5) is -0.139. The van der Waals surface area contributed by atoms with Gasteiger partial charge in [-0.25, -0.2) is 8.42 Å². The van der Waals surface area contributed by atoms with Crippen molar-refractivity contribution in [2.24, 2.45) is 0 Å². The fourth-order valence-corrected chi connectivity index (χ4v) is 3.04. The van der Waals surface area contributed by atoms with Gasteiger partial charge < -0.3 is 9.04 Å². The van der Waals surface area contributed by atoms with Gasteiger partial charge in [-0.05, 0) is 24.6 Å². The summed E-state index contributed by atoms with van der Waals surface area (Å²) in [5.41, 5.74) is 1.87. The molecule has 2 rings (SSSR count). The lowest BCUT2D eigenvalue weighted by Crippen LogP contribution is -2.38. The molecule has 130 valence electrons. The van der Waals surface area contributed by atoms with Gasteiger partial charge >= 0.3 is 0 Å². The SMILES string of the molecule is C=CC[N+](C)(C)Cc1ccccc1.Cc1ccccc1S(=O)(=O)[O-]. The highest BCUT2D eigenvalue weighted by Gasteiger charge is 2.12. The average molecular weight is 347 g/mol. The van der Waals surface area contributed by atoms with Gasteiger partial charge in [0.25, 0.3) is 0 Å². The van der Waals surface area contributed by atoms with E-state index in [9.17, 15) is 13.0 Å². The molecule has 0 heterocycles. The van der Waals surface area contributed by atoms with E-state index in [2.05, 4.69) is 51.0 Å². The molecule has 2 aromatic carbocycles. The van der Waals surface area contributed by atoms with Crippen molar-refractivity contribution in [2.75, 3.05) is 20.6 Å². The molecule has 0 spiro atoms. The van der Waals surface area contributed by atoms with E-state index in [1.807, 2.05) is 6.08 Å². The summed E-state index contributed by atoms with van der Waals surface area (Å²) in [6.07, 6.45) is 1.98. The molecule has 0 unspecified atom stereocenters. The minimum Gasteiger partial charge on any atom is -0.744 e. The molecule has 0 aliphatic rings. The van der Waals surface area contributed by atoms with E-state index >= 15 is 0 Å². The third kappa shape index (κ3) is 7.08. The first-order chi connectivity index (χ1) is 11.2. The standard InChI is InChI=1S/C12H18N.C7H8O3S/c1-4-10-13(2,3)11-12-8-6-5-7-9-12;1-6-4-2-3-5-7(6)11(8,9)10/h4-9H,1,10-11H2,2-3H3;2-5H,1H3,(H,8,9,10)/q+1;/p-1. The van der Waals surface area contributed by atoms with Crippen LogP contribution < -0.4 is 0 Å². The Hall–Kier alpha value is -1.95. The average Bonchev–Trinajstić information content (AvgIpc) is 2.47. The maximum Gasteiger partial charge on any atom is 0.124 e. The summed E-state index contributed by atoms with van der Waals surface area (Å²) >= 11 is 0. The third-order valence-electron chi connectivity index (χ3n) is 3.44. The Morgan fingerprint density at radius 2 is 1.58 bits per heavy atom. The van der Waals surface area contributed by atoms with E-state index in [4.69, 9.17) is 0 Å². The lowest BCUT2D eigenvalue weighted by Gasteiger charge is -2.28. The van der Waals surface area contributed by atoms with Crippen molar-refractivity contribution in [3.8, 4) is 0 Å². The third-order valence-corrected chi connectivity index (χ3v) is 4.44. The lowest BCUT2D eigenvalue weighted by atomic mass is 10.2. The Balaban J connectivity index is 0.000000243. The molecule has 0 fully saturated rings. The Morgan fingerprint density at radius 3 is 2.04 bits per heavy atom. The first-order valence-corrected chi connectivity index (χ1v) is 9.05. The molecule has 5 heteroatoms. The van der Waals surface area contributed by atoms with Crippen molar-refractivity contribution in [2.45, 2.75) is 18.4 Å². The topological polar surface area (TPSA) is 57.2 Å². The van der Waals surface area contributed by atoms with Crippen molar-refractivity contribution >= 4 is 10.1 Å². The summed E-state index contributed by atoms with van der Waals surface area (Å²) in [5, 5.41) is 0. The molecule has 0 radical (unpaired) electrons. The smallest absolute Gasteiger partial charge is 0.124 e. The normalized spacial score (nSPS) is 11.3. The molecule has 24 heavy (non-hydrogen) atoms. The van der Waals surface area contributed by atoms with Crippen molar-refractivity contribution in [3.05, 3.63) is 78.4 Å². The molecule has 0 saturated carbocycles. The highest BCUT2D eigenvalue weighted by molar-refractivity contribution is 7.85. The molecule has 0 amide bonds. The van der Waals surface area contributed by atoms with Crippen molar-refractivity contribution < 1.29 is 17.5 Å². The summed E-state index contributed by atoms with van der Waals surface area (Å²) in [6, 6.07) is 16.7. The first kappa shape index (κ1) is 20.1. The van der Waals surface area contributed by atoms with E-state index < -0.39 is 10.1 Å². The van der Waals surface area contributed by atoms with E-state index in [-0.39, 0.29) is 4.90 Å². The van der Waals surface area contributed by atoms with Crippen LogP contribution in [0.1, 0.15) is 11.1 Å². The number of hydrogen-bond acceptors (Lipinski definition) is 3. The van der Waals surface area contributed by atoms with Crippen LogP contribution in [0.3, 0.4) is 0 Å². The van der Waals surface area contributed by atoms with E-state index in [1.165, 1.54) is 17.7 Å². The van der Waals surface area contributed by atoms with Gasteiger partial charge in [0.15, 0.2) is 0 Å². The quantitative estimate of drug-likeness (QED) is 0.473. The number of benzene rings is 2. The van der Waals surface area contributed by atoms with Gasteiger partial charge in [0.2, 0.25) is 0 Å². The van der Waals surface area contributed by atoms with E-state index in [0.29, 0.717) is 5.56 Å². The number of hydrogen-bond donors (Lipinski definition) is 0. The van der Waals surface area contributed by atoms with Crippen molar-refractivity contribution in [1.29, 1.82) is 0 Å². The summed E-state index contributed by atoms with van der Waals surface area (Å²) in [6.45, 7) is 7.43. The Morgan fingerprint density at radius 1 is 1.04 bits per heavy atom. The van der Waals surface area contributed by atoms with Gasteiger partial charge in [0.1, 0.15) is 16.7 Å². The highest BCUT2D eigenvalue weighted by atomic mass is 32.2. The minimum atomic E-state index is -4.28. The number of nitrogens with zero attached hydrogens (tertiary/aromatic N) is 1. The van der Waals surface area contributed by atoms with Gasteiger partial charge in [-0.15, -0.1) is 0 Å². The molecule has 4 nitrogen and oxygen atoms in total. The Kier molecular flexibility index (Phi) is 7.35. The molecule has 0 atom stereocenters. The largest absolute Gasteiger partial charge is 0.744 e. The van der Waals surface area contributed by atoms with Gasteiger partial charge in [0.05, 0.1) is 25.5 Å². The van der Waals surface area contributed by atoms with Crippen LogP contribution in [0.5, 0.6) is 0 Å². The lowest BCUT2D eigenvalue weighted by molar-refractivity contribution is -0.897. The maximum atomic E-state index is 10.5. The van der Waals surface area contributed by atoms with Gasteiger partial charge in [-0.1, -0.05) is 55.1 Å². The predicted molar refractivity (Wildman–Crippen MR) is 96.5 cm³/mol. The minimum absolute atomic E-state index is 0.139. The van der Waals surface area contributed by atoms with Crippen LogP contribution in [0.25, 0.3) is 0 Å². The van der Waals surface area contributed by atoms with Crippen molar-refractivity contribution in [3.63, 3.8) is 0 Å². The van der Waals surface area contributed by atoms with Crippen molar-refractivity contribution in [1.82, 2.24) is 0 Å². The number of quaternary nitrogens is 1. The molecule has 0 N–H and O–H groups in total. The number of likely N-dealkylation sites (N-methyl/N-ethyl adjacent to an activating group) is 1. The van der Waals surface area contributed by atoms with Crippen LogP contribution in [0.15, 0.2) is 72.1 Å². The fourth-order valence-electron chi connectivity index (χ4n) is 2.33. The molecule has 0 bridgehead atoms. The van der Waals surface area contributed by atoms with Gasteiger partial charge in [0, 0.05) is 5.56 Å². The first-order valence-electron chi connectivity index (χ1n) is 7.64. The Labute approximate surface area is 145 Å². The predicted octanol–water partition coefficient (Wildman–Crippen LogP) is 3.35. The van der Waals surface area contributed by atoms with Crippen LogP contribution in [-0.2, 0) is 16.7 Å². The zero-order valence-corrected chi connectivity index (χ0v) is 15.3. The van der Waals surface area contributed by atoms with Gasteiger partial charge in [-0.3, -0.25) is 0 Å². The van der Waals surface area contributed by atoms with E-state index in [0.717, 1.165) is 17.6 Å². The van der Waals surface area contributed by atoms with Crippen LogP contribution >= 0.6 is 0 Å². The summed E-state index contributed by atoms with van der Waals surface area (Å²) < 4.78 is 32.5. The monoisotopic (exact) mass is 347 g/mol. The van der Waals surface area contributed by atoms with Crippen LogP contribution in [0.4, 0.5) is 0 Å². The van der Waals surface area contributed by atoms with Crippen LogP contribution in [-0.4, -0.2) is 38.1 Å².